The summed E-state index contributed by atoms with van der Waals surface area (Å²) in [5.41, 5.74) is 0.704. The Morgan fingerprint density at radius 3 is 2.73 bits per heavy atom. The van der Waals surface area contributed by atoms with Gasteiger partial charge in [0, 0.05) is 36.8 Å². The van der Waals surface area contributed by atoms with Crippen LogP contribution in [-0.4, -0.2) is 58.6 Å². The number of likely N-dealkylation sites (N-methyl/N-ethyl adjacent to an activating group) is 1. The zero-order chi connectivity index (χ0) is 15.5. The van der Waals surface area contributed by atoms with Crippen LogP contribution in [0.3, 0.4) is 0 Å². The highest BCUT2D eigenvalue weighted by Gasteiger charge is 2.25. The van der Waals surface area contributed by atoms with Crippen LogP contribution >= 0.6 is 11.6 Å². The Hall–Kier alpha value is -1.92. The first kappa shape index (κ1) is 15.0. The van der Waals surface area contributed by atoms with E-state index in [9.17, 15) is 4.79 Å². The summed E-state index contributed by atoms with van der Waals surface area (Å²) in [4.78, 5) is 16.4. The third-order valence-corrected chi connectivity index (χ3v) is 4.02. The number of piperazine rings is 1. The Balaban J connectivity index is 1.72. The molecule has 0 unspecified atom stereocenters. The Bertz CT molecular complexity index is 665. The summed E-state index contributed by atoms with van der Waals surface area (Å²) in [5.74, 6) is 0.120. The lowest BCUT2D eigenvalue weighted by Crippen LogP contribution is -2.48. The lowest BCUT2D eigenvalue weighted by Gasteiger charge is -2.33. The summed E-state index contributed by atoms with van der Waals surface area (Å²) >= 11 is 5.94. The summed E-state index contributed by atoms with van der Waals surface area (Å²) in [7, 11) is 0. The van der Waals surface area contributed by atoms with Crippen molar-refractivity contribution < 1.29 is 9.21 Å². The predicted octanol–water partition coefficient (Wildman–Crippen LogP) is 2.17. The van der Waals surface area contributed by atoms with Crippen molar-refractivity contribution in [1.29, 1.82) is 0 Å². The molecule has 1 aromatic heterocycles. The van der Waals surface area contributed by atoms with Crippen LogP contribution in [0.25, 0.3) is 11.5 Å². The van der Waals surface area contributed by atoms with E-state index in [4.69, 9.17) is 16.0 Å². The zero-order valence-corrected chi connectivity index (χ0v) is 13.1. The van der Waals surface area contributed by atoms with Gasteiger partial charge < -0.3 is 14.2 Å². The highest BCUT2D eigenvalue weighted by atomic mass is 35.5. The number of amides is 1. The van der Waals surface area contributed by atoms with Crippen LogP contribution in [0.1, 0.15) is 17.6 Å². The van der Waals surface area contributed by atoms with Gasteiger partial charge in [0.2, 0.25) is 5.89 Å². The SMILES string of the molecule is CCN1CCN(C(=O)c2nnc(-c3cccc(Cl)c3)o2)CC1. The van der Waals surface area contributed by atoms with Crippen molar-refractivity contribution in [3.05, 3.63) is 35.2 Å². The molecule has 0 spiro atoms. The van der Waals surface area contributed by atoms with Gasteiger partial charge in [0.05, 0.1) is 0 Å². The molecule has 116 valence electrons. The summed E-state index contributed by atoms with van der Waals surface area (Å²) < 4.78 is 5.51. The minimum atomic E-state index is -0.212. The molecule has 1 aliphatic heterocycles. The van der Waals surface area contributed by atoms with Gasteiger partial charge in [-0.2, -0.15) is 0 Å². The average Bonchev–Trinajstić information content (AvgIpc) is 3.04. The van der Waals surface area contributed by atoms with E-state index in [1.807, 2.05) is 6.07 Å². The van der Waals surface area contributed by atoms with Crippen LogP contribution in [-0.2, 0) is 0 Å². The molecule has 2 aromatic rings. The van der Waals surface area contributed by atoms with E-state index in [2.05, 4.69) is 22.0 Å². The highest BCUT2D eigenvalue weighted by molar-refractivity contribution is 6.30. The van der Waals surface area contributed by atoms with Crippen molar-refractivity contribution in [1.82, 2.24) is 20.0 Å². The molecule has 1 amide bonds. The Morgan fingerprint density at radius 1 is 1.27 bits per heavy atom. The first-order valence-corrected chi connectivity index (χ1v) is 7.66. The van der Waals surface area contributed by atoms with Crippen LogP contribution in [0.5, 0.6) is 0 Å². The zero-order valence-electron chi connectivity index (χ0n) is 12.3. The molecular weight excluding hydrogens is 304 g/mol. The lowest BCUT2D eigenvalue weighted by molar-refractivity contribution is 0.0605. The quantitative estimate of drug-likeness (QED) is 0.867. The maximum absolute atomic E-state index is 12.4. The van der Waals surface area contributed by atoms with Gasteiger partial charge in [-0.15, -0.1) is 10.2 Å². The maximum atomic E-state index is 12.4. The van der Waals surface area contributed by atoms with Crippen molar-refractivity contribution >= 4 is 17.5 Å². The third-order valence-electron chi connectivity index (χ3n) is 3.79. The molecule has 6 nitrogen and oxygen atoms in total. The monoisotopic (exact) mass is 320 g/mol. The van der Waals surface area contributed by atoms with E-state index in [1.54, 1.807) is 23.1 Å². The number of aromatic nitrogens is 2. The predicted molar refractivity (Wildman–Crippen MR) is 82.8 cm³/mol. The lowest BCUT2D eigenvalue weighted by atomic mass is 10.2. The molecule has 2 heterocycles. The Labute approximate surface area is 133 Å². The van der Waals surface area contributed by atoms with Crippen molar-refractivity contribution in [3.63, 3.8) is 0 Å². The number of nitrogens with zero attached hydrogens (tertiary/aromatic N) is 4. The third kappa shape index (κ3) is 3.13. The fourth-order valence-electron chi connectivity index (χ4n) is 2.45. The van der Waals surface area contributed by atoms with Gasteiger partial charge in [0.15, 0.2) is 0 Å². The van der Waals surface area contributed by atoms with E-state index in [0.29, 0.717) is 29.6 Å². The average molecular weight is 321 g/mol. The molecule has 22 heavy (non-hydrogen) atoms. The van der Waals surface area contributed by atoms with Crippen LogP contribution in [0.2, 0.25) is 5.02 Å². The molecule has 0 atom stereocenters. The van der Waals surface area contributed by atoms with Crippen LogP contribution in [0.15, 0.2) is 28.7 Å². The second-order valence-corrected chi connectivity index (χ2v) is 5.59. The molecule has 0 bridgehead atoms. The van der Waals surface area contributed by atoms with Crippen molar-refractivity contribution in [3.8, 4) is 11.5 Å². The molecule has 1 saturated heterocycles. The second kappa shape index (κ2) is 6.46. The van der Waals surface area contributed by atoms with Gasteiger partial charge in [-0.05, 0) is 24.7 Å². The number of carbonyl (C=O) groups is 1. The summed E-state index contributed by atoms with van der Waals surface area (Å²) in [6, 6.07) is 7.10. The van der Waals surface area contributed by atoms with E-state index < -0.39 is 0 Å². The smallest absolute Gasteiger partial charge is 0.311 e. The minimum absolute atomic E-state index is 0.0277. The van der Waals surface area contributed by atoms with Crippen molar-refractivity contribution in [2.45, 2.75) is 6.92 Å². The van der Waals surface area contributed by atoms with Gasteiger partial charge in [-0.25, -0.2) is 0 Å². The number of hydrogen-bond donors (Lipinski definition) is 0. The van der Waals surface area contributed by atoms with Crippen molar-refractivity contribution in [2.75, 3.05) is 32.7 Å². The molecule has 1 aromatic carbocycles. The number of hydrogen-bond acceptors (Lipinski definition) is 5. The maximum Gasteiger partial charge on any atom is 0.311 e. The highest BCUT2D eigenvalue weighted by Crippen LogP contribution is 2.22. The van der Waals surface area contributed by atoms with E-state index in [-0.39, 0.29) is 11.8 Å². The molecule has 0 aliphatic carbocycles. The number of carbonyl (C=O) groups excluding carboxylic acids is 1. The summed E-state index contributed by atoms with van der Waals surface area (Å²) in [6.45, 7) is 6.23. The first-order valence-electron chi connectivity index (χ1n) is 7.28. The van der Waals surface area contributed by atoms with Crippen molar-refractivity contribution in [2.24, 2.45) is 0 Å². The largest absolute Gasteiger partial charge is 0.412 e. The molecular formula is C15H17ClN4O2. The molecule has 0 radical (unpaired) electrons. The van der Waals surface area contributed by atoms with Gasteiger partial charge >= 0.3 is 11.8 Å². The van der Waals surface area contributed by atoms with Crippen LogP contribution in [0.4, 0.5) is 0 Å². The normalized spacial score (nSPS) is 16.0. The molecule has 0 saturated carbocycles. The Kier molecular flexibility index (Phi) is 4.40. The van der Waals surface area contributed by atoms with Gasteiger partial charge in [0.25, 0.3) is 0 Å². The number of benzene rings is 1. The topological polar surface area (TPSA) is 62.5 Å². The summed E-state index contributed by atoms with van der Waals surface area (Å²) in [5, 5.41) is 8.40. The fraction of sp³-hybridized carbons (Fsp3) is 0.400. The molecule has 7 heteroatoms. The Morgan fingerprint density at radius 2 is 2.05 bits per heavy atom. The summed E-state index contributed by atoms with van der Waals surface area (Å²) in [6.07, 6.45) is 0. The van der Waals surface area contributed by atoms with E-state index >= 15 is 0 Å². The molecule has 1 aliphatic rings. The van der Waals surface area contributed by atoms with Gasteiger partial charge in [0.1, 0.15) is 0 Å². The second-order valence-electron chi connectivity index (χ2n) is 5.15. The standard InChI is InChI=1S/C15H17ClN4O2/c1-2-19-6-8-20(9-7-19)15(21)14-18-17-13(22-14)11-4-3-5-12(16)10-11/h3-5,10H,2,6-9H2,1H3. The number of halogens is 1. The molecule has 0 N–H and O–H groups in total. The molecule has 3 rings (SSSR count). The van der Waals surface area contributed by atoms with Crippen LogP contribution in [0, 0.1) is 0 Å². The van der Waals surface area contributed by atoms with Crippen LogP contribution < -0.4 is 0 Å². The van der Waals surface area contributed by atoms with Gasteiger partial charge in [-0.1, -0.05) is 24.6 Å². The fourth-order valence-corrected chi connectivity index (χ4v) is 2.64. The number of rotatable bonds is 3. The van der Waals surface area contributed by atoms with Gasteiger partial charge in [-0.3, -0.25) is 4.79 Å². The van der Waals surface area contributed by atoms with E-state index in [0.717, 1.165) is 19.6 Å². The minimum Gasteiger partial charge on any atom is -0.412 e. The molecule has 1 fully saturated rings. The van der Waals surface area contributed by atoms with E-state index in [1.165, 1.54) is 0 Å². The first-order chi connectivity index (χ1) is 10.7.